The van der Waals surface area contributed by atoms with Crippen molar-refractivity contribution >= 4 is 23.6 Å². The van der Waals surface area contributed by atoms with E-state index in [0.29, 0.717) is 5.03 Å². The van der Waals surface area contributed by atoms with E-state index >= 15 is 0 Å². The Morgan fingerprint density at radius 1 is 1.44 bits per heavy atom. The van der Waals surface area contributed by atoms with Gasteiger partial charge in [-0.25, -0.2) is 13.8 Å². The highest BCUT2D eigenvalue weighted by Gasteiger charge is 2.29. The lowest BCUT2D eigenvalue weighted by atomic mass is 10.2. The summed E-state index contributed by atoms with van der Waals surface area (Å²) in [5, 5.41) is 2.10. The van der Waals surface area contributed by atoms with Gasteiger partial charge >= 0.3 is 0 Å². The lowest BCUT2D eigenvalue weighted by molar-refractivity contribution is -0.129. The van der Waals surface area contributed by atoms with E-state index < -0.39 is 30.2 Å². The fraction of sp³-hybridized carbons (Fsp3) is 0.562. The summed E-state index contributed by atoms with van der Waals surface area (Å²) in [7, 11) is 0. The van der Waals surface area contributed by atoms with E-state index in [-0.39, 0.29) is 11.5 Å². The van der Waals surface area contributed by atoms with Crippen molar-refractivity contribution in [2.75, 3.05) is 26.2 Å². The van der Waals surface area contributed by atoms with Crippen LogP contribution in [0, 0.1) is 0 Å². The third-order valence-electron chi connectivity index (χ3n) is 3.88. The number of likely N-dealkylation sites (tertiary alicyclic amines) is 1. The zero-order valence-electron chi connectivity index (χ0n) is 14.0. The molecular formula is C16H22F2N4O2S. The van der Waals surface area contributed by atoms with Crippen LogP contribution in [-0.2, 0) is 4.79 Å². The van der Waals surface area contributed by atoms with E-state index in [0.717, 1.165) is 37.7 Å². The molecule has 0 bridgehead atoms. The SMILES string of the molecule is CC(Sc1ncccc1C(=O)NCC(F)(F)CN)C(=O)N1CCCC1. The zero-order chi connectivity index (χ0) is 18.4. The summed E-state index contributed by atoms with van der Waals surface area (Å²) in [6, 6.07) is 3.05. The molecular weight excluding hydrogens is 350 g/mol. The van der Waals surface area contributed by atoms with Crippen LogP contribution in [0.3, 0.4) is 0 Å². The van der Waals surface area contributed by atoms with Gasteiger partial charge in [0.15, 0.2) is 0 Å². The Bertz CT molecular complexity index is 624. The number of aromatic nitrogens is 1. The summed E-state index contributed by atoms with van der Waals surface area (Å²) < 4.78 is 26.4. The van der Waals surface area contributed by atoms with Crippen LogP contribution in [0.4, 0.5) is 8.78 Å². The number of nitrogens with zero attached hydrogens (tertiary/aromatic N) is 2. The minimum absolute atomic E-state index is 0.00539. The molecule has 2 rings (SSSR count). The smallest absolute Gasteiger partial charge is 0.277 e. The van der Waals surface area contributed by atoms with Crippen LogP contribution in [0.15, 0.2) is 23.4 Å². The number of halogens is 2. The van der Waals surface area contributed by atoms with Crippen molar-refractivity contribution < 1.29 is 18.4 Å². The van der Waals surface area contributed by atoms with Gasteiger partial charge in [-0.3, -0.25) is 9.59 Å². The Kier molecular flexibility index (Phi) is 6.71. The van der Waals surface area contributed by atoms with E-state index in [2.05, 4.69) is 10.3 Å². The summed E-state index contributed by atoms with van der Waals surface area (Å²) in [5.41, 5.74) is 5.13. The number of carbonyl (C=O) groups excluding carboxylic acids is 2. The second kappa shape index (κ2) is 8.57. The Labute approximate surface area is 149 Å². The number of nitrogens with two attached hydrogens (primary N) is 1. The number of carbonyl (C=O) groups is 2. The highest BCUT2D eigenvalue weighted by atomic mass is 32.2. The summed E-state index contributed by atoms with van der Waals surface area (Å²) >= 11 is 1.16. The number of alkyl halides is 2. The predicted molar refractivity (Wildman–Crippen MR) is 91.7 cm³/mol. The molecule has 1 aliphatic rings. The first kappa shape index (κ1) is 19.6. The number of thioether (sulfide) groups is 1. The third-order valence-corrected chi connectivity index (χ3v) is 4.98. The van der Waals surface area contributed by atoms with Crippen molar-refractivity contribution in [3.8, 4) is 0 Å². The lowest BCUT2D eigenvalue weighted by Gasteiger charge is -2.20. The molecule has 9 heteroatoms. The van der Waals surface area contributed by atoms with Crippen molar-refractivity contribution in [3.05, 3.63) is 23.9 Å². The highest BCUT2D eigenvalue weighted by molar-refractivity contribution is 8.00. The topological polar surface area (TPSA) is 88.3 Å². The molecule has 3 N–H and O–H groups in total. The monoisotopic (exact) mass is 372 g/mol. The van der Waals surface area contributed by atoms with Crippen LogP contribution >= 0.6 is 11.8 Å². The quantitative estimate of drug-likeness (QED) is 0.709. The normalized spacial score (nSPS) is 15.9. The standard InChI is InChI=1S/C16H22F2N4O2S/c1-11(15(24)22-7-2-3-8-22)25-14-12(5-4-6-20-14)13(23)21-10-16(17,18)9-19/h4-6,11H,2-3,7-10,19H2,1H3,(H,21,23). The highest BCUT2D eigenvalue weighted by Crippen LogP contribution is 2.27. The average Bonchev–Trinajstić information content (AvgIpc) is 3.14. The Morgan fingerprint density at radius 3 is 2.76 bits per heavy atom. The number of amides is 2. The molecule has 0 aliphatic carbocycles. The summed E-state index contributed by atoms with van der Waals surface area (Å²) in [6.07, 6.45) is 3.49. The average molecular weight is 372 g/mol. The minimum Gasteiger partial charge on any atom is -0.346 e. The number of nitrogens with one attached hydrogen (secondary N) is 1. The Morgan fingerprint density at radius 2 is 2.12 bits per heavy atom. The van der Waals surface area contributed by atoms with E-state index in [1.54, 1.807) is 17.9 Å². The van der Waals surface area contributed by atoms with Gasteiger partial charge in [0, 0.05) is 19.3 Å². The Balaban J connectivity index is 2.04. The molecule has 6 nitrogen and oxygen atoms in total. The van der Waals surface area contributed by atoms with Crippen molar-refractivity contribution in [1.29, 1.82) is 0 Å². The van der Waals surface area contributed by atoms with E-state index in [4.69, 9.17) is 5.73 Å². The minimum atomic E-state index is -3.16. The van der Waals surface area contributed by atoms with Crippen molar-refractivity contribution in [3.63, 3.8) is 0 Å². The molecule has 2 amide bonds. The van der Waals surface area contributed by atoms with Gasteiger partial charge < -0.3 is 16.0 Å². The van der Waals surface area contributed by atoms with Gasteiger partial charge in [-0.1, -0.05) is 11.8 Å². The number of hydrogen-bond acceptors (Lipinski definition) is 5. The first-order chi connectivity index (χ1) is 11.8. The summed E-state index contributed by atoms with van der Waals surface area (Å²) in [5.74, 6) is -3.83. The maximum atomic E-state index is 13.2. The molecule has 0 saturated carbocycles. The van der Waals surface area contributed by atoms with E-state index in [1.807, 2.05) is 0 Å². The van der Waals surface area contributed by atoms with Crippen LogP contribution in [0.25, 0.3) is 0 Å². The molecule has 1 fully saturated rings. The number of rotatable bonds is 7. The zero-order valence-corrected chi connectivity index (χ0v) is 14.8. The molecule has 0 aromatic carbocycles. The van der Waals surface area contributed by atoms with Gasteiger partial charge in [0.1, 0.15) is 5.03 Å². The third kappa shape index (κ3) is 5.37. The van der Waals surface area contributed by atoms with Crippen LogP contribution in [0.5, 0.6) is 0 Å². The van der Waals surface area contributed by atoms with Crippen molar-refractivity contribution in [1.82, 2.24) is 15.2 Å². The van der Waals surface area contributed by atoms with Gasteiger partial charge in [-0.15, -0.1) is 0 Å². The van der Waals surface area contributed by atoms with Gasteiger partial charge in [0.2, 0.25) is 5.91 Å². The molecule has 25 heavy (non-hydrogen) atoms. The molecule has 1 saturated heterocycles. The molecule has 1 aromatic rings. The lowest BCUT2D eigenvalue weighted by Crippen LogP contribution is -2.41. The predicted octanol–water partition coefficient (Wildman–Crippen LogP) is 1.51. The molecule has 138 valence electrons. The van der Waals surface area contributed by atoms with E-state index in [1.165, 1.54) is 12.3 Å². The maximum absolute atomic E-state index is 13.2. The fourth-order valence-corrected chi connectivity index (χ4v) is 3.44. The maximum Gasteiger partial charge on any atom is 0.277 e. The van der Waals surface area contributed by atoms with Crippen LogP contribution in [-0.4, -0.2) is 59.0 Å². The van der Waals surface area contributed by atoms with Gasteiger partial charge in [-0.2, -0.15) is 0 Å². The second-order valence-electron chi connectivity index (χ2n) is 5.89. The first-order valence-corrected chi connectivity index (χ1v) is 8.98. The first-order valence-electron chi connectivity index (χ1n) is 8.10. The largest absolute Gasteiger partial charge is 0.346 e. The van der Waals surface area contributed by atoms with Crippen molar-refractivity contribution in [2.24, 2.45) is 5.73 Å². The number of pyridine rings is 1. The van der Waals surface area contributed by atoms with Gasteiger partial charge in [0.25, 0.3) is 11.8 Å². The van der Waals surface area contributed by atoms with Crippen LogP contribution in [0.2, 0.25) is 0 Å². The van der Waals surface area contributed by atoms with Gasteiger partial charge in [-0.05, 0) is 31.9 Å². The van der Waals surface area contributed by atoms with Crippen molar-refractivity contribution in [2.45, 2.75) is 36.0 Å². The summed E-state index contributed by atoms with van der Waals surface area (Å²) in [6.45, 7) is 1.55. The molecule has 1 atom stereocenters. The molecule has 1 unspecified atom stereocenters. The van der Waals surface area contributed by atoms with Crippen LogP contribution in [0.1, 0.15) is 30.1 Å². The van der Waals surface area contributed by atoms with Crippen LogP contribution < -0.4 is 11.1 Å². The van der Waals surface area contributed by atoms with E-state index in [9.17, 15) is 18.4 Å². The second-order valence-corrected chi connectivity index (χ2v) is 7.22. The molecule has 0 spiro atoms. The fourth-order valence-electron chi connectivity index (χ4n) is 2.45. The molecule has 1 aromatic heterocycles. The molecule has 2 heterocycles. The molecule has 0 radical (unpaired) electrons. The Hall–Kier alpha value is -1.74. The molecule has 1 aliphatic heterocycles. The van der Waals surface area contributed by atoms with Gasteiger partial charge in [0.05, 0.1) is 23.9 Å². The number of hydrogen-bond donors (Lipinski definition) is 2. The summed E-state index contributed by atoms with van der Waals surface area (Å²) in [4.78, 5) is 30.5.